The molecule has 0 saturated heterocycles. The first-order chi connectivity index (χ1) is 12.5. The van der Waals surface area contributed by atoms with Gasteiger partial charge in [0.05, 0.1) is 11.4 Å². The fourth-order valence-corrected chi connectivity index (χ4v) is 3.08. The lowest BCUT2D eigenvalue weighted by atomic mass is 10.1. The molecule has 1 atom stereocenters. The molecule has 3 N–H and O–H groups in total. The maximum Gasteiger partial charge on any atom is 0.239 e. The van der Waals surface area contributed by atoms with Gasteiger partial charge in [0, 0.05) is 12.2 Å². The predicted molar refractivity (Wildman–Crippen MR) is 103 cm³/mol. The van der Waals surface area contributed by atoms with Crippen LogP contribution < -0.4 is 11.1 Å². The van der Waals surface area contributed by atoms with E-state index < -0.39 is 6.04 Å². The third-order valence-electron chi connectivity index (χ3n) is 4.37. The summed E-state index contributed by atoms with van der Waals surface area (Å²) >= 11 is 0. The topological polar surface area (TPSA) is 72.9 Å². The molecule has 0 spiro atoms. The van der Waals surface area contributed by atoms with Gasteiger partial charge in [-0.05, 0) is 49.6 Å². The minimum atomic E-state index is -0.467. The van der Waals surface area contributed by atoms with E-state index in [9.17, 15) is 4.79 Å². The first kappa shape index (κ1) is 17.9. The number of carbonyl (C=O) groups excluding carboxylic acids is 1. The van der Waals surface area contributed by atoms with Gasteiger partial charge in [-0.25, -0.2) is 4.68 Å². The molecule has 1 unspecified atom stereocenters. The molecule has 5 heteroatoms. The third kappa shape index (κ3) is 4.18. The molecule has 2 aromatic carbocycles. The summed E-state index contributed by atoms with van der Waals surface area (Å²) in [5, 5.41) is 7.75. The molecule has 1 aromatic heterocycles. The van der Waals surface area contributed by atoms with Crippen LogP contribution in [-0.4, -0.2) is 22.2 Å². The SMILES string of the molecule is Cc1cc(C)n(-c2ccc(CCNC(C(N)=O)c3ccccc3)cc2)n1. The van der Waals surface area contributed by atoms with Gasteiger partial charge < -0.3 is 11.1 Å². The summed E-state index contributed by atoms with van der Waals surface area (Å²) in [6.45, 7) is 4.71. The van der Waals surface area contributed by atoms with Gasteiger partial charge in [0.15, 0.2) is 0 Å². The minimum absolute atomic E-state index is 0.365. The second kappa shape index (κ2) is 7.97. The standard InChI is InChI=1S/C21H24N4O/c1-15-14-16(2)25(24-15)19-10-8-17(9-11-19)12-13-23-20(21(22)26)18-6-4-3-5-7-18/h3-11,14,20,23H,12-13H2,1-2H3,(H2,22,26). The van der Waals surface area contributed by atoms with Crippen molar-refractivity contribution in [2.75, 3.05) is 6.54 Å². The second-order valence-electron chi connectivity index (χ2n) is 6.46. The van der Waals surface area contributed by atoms with Crippen LogP contribution in [0.4, 0.5) is 0 Å². The average molecular weight is 348 g/mol. The molecular weight excluding hydrogens is 324 g/mol. The molecule has 5 nitrogen and oxygen atoms in total. The highest BCUT2D eigenvalue weighted by atomic mass is 16.1. The van der Waals surface area contributed by atoms with Crippen LogP contribution in [0.2, 0.25) is 0 Å². The highest BCUT2D eigenvalue weighted by Gasteiger charge is 2.16. The largest absolute Gasteiger partial charge is 0.368 e. The number of benzene rings is 2. The van der Waals surface area contributed by atoms with Crippen molar-refractivity contribution in [2.45, 2.75) is 26.3 Å². The van der Waals surface area contributed by atoms with E-state index in [-0.39, 0.29) is 5.91 Å². The summed E-state index contributed by atoms with van der Waals surface area (Å²) < 4.78 is 1.94. The van der Waals surface area contributed by atoms with Gasteiger partial charge in [0.2, 0.25) is 5.91 Å². The Bertz CT molecular complexity index is 869. The quantitative estimate of drug-likeness (QED) is 0.689. The maximum atomic E-state index is 11.7. The zero-order valence-electron chi connectivity index (χ0n) is 15.1. The molecule has 1 amide bonds. The Morgan fingerprint density at radius 3 is 2.38 bits per heavy atom. The van der Waals surface area contributed by atoms with Crippen molar-refractivity contribution < 1.29 is 4.79 Å². The number of aryl methyl sites for hydroxylation is 2. The summed E-state index contributed by atoms with van der Waals surface area (Å²) in [4.78, 5) is 11.7. The molecule has 3 rings (SSSR count). The summed E-state index contributed by atoms with van der Waals surface area (Å²) in [7, 11) is 0. The van der Waals surface area contributed by atoms with Crippen LogP contribution in [0.1, 0.15) is 28.6 Å². The van der Waals surface area contributed by atoms with Crippen LogP contribution in [0, 0.1) is 13.8 Å². The lowest BCUT2D eigenvalue weighted by Gasteiger charge is -2.16. The highest BCUT2D eigenvalue weighted by molar-refractivity contribution is 5.81. The summed E-state index contributed by atoms with van der Waals surface area (Å²) in [5.41, 5.74) is 10.8. The molecule has 0 saturated carbocycles. The molecule has 0 aliphatic carbocycles. The van der Waals surface area contributed by atoms with E-state index in [2.05, 4.69) is 40.7 Å². The molecule has 0 radical (unpaired) electrons. The molecule has 26 heavy (non-hydrogen) atoms. The van der Waals surface area contributed by atoms with Crippen molar-refractivity contribution in [3.05, 3.63) is 83.2 Å². The molecule has 0 bridgehead atoms. The monoisotopic (exact) mass is 348 g/mol. The summed E-state index contributed by atoms with van der Waals surface area (Å²) in [5.74, 6) is -0.365. The number of nitrogens with one attached hydrogen (secondary N) is 1. The number of primary amides is 1. The molecule has 1 heterocycles. The maximum absolute atomic E-state index is 11.7. The van der Waals surface area contributed by atoms with E-state index >= 15 is 0 Å². The minimum Gasteiger partial charge on any atom is -0.368 e. The van der Waals surface area contributed by atoms with Crippen LogP contribution in [0.5, 0.6) is 0 Å². The normalized spacial score (nSPS) is 12.1. The van der Waals surface area contributed by atoms with Gasteiger partial charge in [-0.2, -0.15) is 5.10 Å². The number of amides is 1. The number of carbonyl (C=O) groups is 1. The van der Waals surface area contributed by atoms with E-state index in [0.29, 0.717) is 6.54 Å². The smallest absolute Gasteiger partial charge is 0.239 e. The van der Waals surface area contributed by atoms with Crippen molar-refractivity contribution in [2.24, 2.45) is 5.73 Å². The number of hydrogen-bond acceptors (Lipinski definition) is 3. The third-order valence-corrected chi connectivity index (χ3v) is 4.37. The Kier molecular flexibility index (Phi) is 5.49. The Hall–Kier alpha value is -2.92. The Labute approximate surface area is 153 Å². The van der Waals surface area contributed by atoms with Gasteiger partial charge in [0.25, 0.3) is 0 Å². The number of rotatable bonds is 7. The molecular formula is C21H24N4O. The fourth-order valence-electron chi connectivity index (χ4n) is 3.08. The molecule has 134 valence electrons. The van der Waals surface area contributed by atoms with E-state index in [4.69, 9.17) is 5.73 Å². The Balaban J connectivity index is 1.61. The Morgan fingerprint density at radius 2 is 1.81 bits per heavy atom. The average Bonchev–Trinajstić information content (AvgIpc) is 2.98. The van der Waals surface area contributed by atoms with Crippen molar-refractivity contribution in [3.63, 3.8) is 0 Å². The highest BCUT2D eigenvalue weighted by Crippen LogP contribution is 2.14. The number of aromatic nitrogens is 2. The Morgan fingerprint density at radius 1 is 1.12 bits per heavy atom. The van der Waals surface area contributed by atoms with E-state index in [0.717, 1.165) is 29.1 Å². The van der Waals surface area contributed by atoms with Gasteiger partial charge >= 0.3 is 0 Å². The van der Waals surface area contributed by atoms with E-state index in [1.165, 1.54) is 5.56 Å². The van der Waals surface area contributed by atoms with Gasteiger partial charge in [-0.15, -0.1) is 0 Å². The van der Waals surface area contributed by atoms with E-state index in [1.54, 1.807) is 0 Å². The van der Waals surface area contributed by atoms with E-state index in [1.807, 2.05) is 48.9 Å². The summed E-state index contributed by atoms with van der Waals surface area (Å²) in [6, 6.07) is 19.5. The van der Waals surface area contributed by atoms with Crippen molar-refractivity contribution in [3.8, 4) is 5.69 Å². The van der Waals surface area contributed by atoms with Gasteiger partial charge in [0.1, 0.15) is 6.04 Å². The van der Waals surface area contributed by atoms with Crippen LogP contribution in [0.25, 0.3) is 5.69 Å². The van der Waals surface area contributed by atoms with Crippen LogP contribution in [-0.2, 0) is 11.2 Å². The molecule has 0 aliphatic rings. The molecule has 3 aromatic rings. The number of nitrogens with zero attached hydrogens (tertiary/aromatic N) is 2. The first-order valence-corrected chi connectivity index (χ1v) is 8.75. The number of nitrogens with two attached hydrogens (primary N) is 1. The zero-order valence-corrected chi connectivity index (χ0v) is 15.1. The molecule has 0 fully saturated rings. The van der Waals surface area contributed by atoms with Gasteiger partial charge in [-0.1, -0.05) is 42.5 Å². The van der Waals surface area contributed by atoms with Crippen LogP contribution in [0.15, 0.2) is 60.7 Å². The fraction of sp³-hybridized carbons (Fsp3) is 0.238. The zero-order chi connectivity index (χ0) is 18.5. The lowest BCUT2D eigenvalue weighted by molar-refractivity contribution is -0.120. The van der Waals surface area contributed by atoms with Gasteiger partial charge in [-0.3, -0.25) is 4.79 Å². The van der Waals surface area contributed by atoms with Crippen LogP contribution >= 0.6 is 0 Å². The molecule has 0 aliphatic heterocycles. The predicted octanol–water partition coefficient (Wildman–Crippen LogP) is 2.85. The lowest BCUT2D eigenvalue weighted by Crippen LogP contribution is -2.34. The van der Waals surface area contributed by atoms with Crippen molar-refractivity contribution >= 4 is 5.91 Å². The van der Waals surface area contributed by atoms with Crippen molar-refractivity contribution in [1.82, 2.24) is 15.1 Å². The first-order valence-electron chi connectivity index (χ1n) is 8.75. The summed E-state index contributed by atoms with van der Waals surface area (Å²) in [6.07, 6.45) is 0.814. The number of hydrogen-bond donors (Lipinski definition) is 2. The second-order valence-corrected chi connectivity index (χ2v) is 6.46. The van der Waals surface area contributed by atoms with Crippen molar-refractivity contribution in [1.29, 1.82) is 0 Å². The van der Waals surface area contributed by atoms with Crippen LogP contribution in [0.3, 0.4) is 0 Å².